The van der Waals surface area contributed by atoms with Gasteiger partial charge < -0.3 is 10.6 Å². The summed E-state index contributed by atoms with van der Waals surface area (Å²) in [6.07, 6.45) is 0.859. The van der Waals surface area contributed by atoms with Gasteiger partial charge in [0.2, 0.25) is 11.8 Å². The van der Waals surface area contributed by atoms with Gasteiger partial charge in [-0.2, -0.15) is 0 Å². The smallest absolute Gasteiger partial charge is 0.237 e. The number of hydrogen-bond donors (Lipinski definition) is 2. The number of thioether (sulfide) groups is 1. The molecule has 2 amide bonds. The highest BCUT2D eigenvalue weighted by Gasteiger charge is 2.17. The molecule has 2 aromatic carbocycles. The molecule has 0 radical (unpaired) electrons. The van der Waals surface area contributed by atoms with Gasteiger partial charge in [0, 0.05) is 11.4 Å². The number of rotatable bonds is 7. The van der Waals surface area contributed by atoms with Crippen molar-refractivity contribution in [2.75, 3.05) is 16.4 Å². The standard InChI is InChI=1S/C21H26N2O2S/c1-5-17-8-6-7-15(3)20(17)23-21(25)16(4)26-13-19(24)22-18-11-9-14(2)10-12-18/h6-12,16H,5,13H2,1-4H3,(H,22,24)(H,23,25)/t16-/m1/s1. The van der Waals surface area contributed by atoms with Crippen LogP contribution in [0.2, 0.25) is 0 Å². The molecule has 0 spiro atoms. The highest BCUT2D eigenvalue weighted by Crippen LogP contribution is 2.23. The molecule has 0 aromatic heterocycles. The summed E-state index contributed by atoms with van der Waals surface area (Å²) in [6.45, 7) is 7.88. The van der Waals surface area contributed by atoms with Gasteiger partial charge in [0.15, 0.2) is 0 Å². The van der Waals surface area contributed by atoms with Gasteiger partial charge in [-0.1, -0.05) is 42.8 Å². The minimum atomic E-state index is -0.317. The number of carbonyl (C=O) groups is 2. The number of benzene rings is 2. The van der Waals surface area contributed by atoms with Crippen molar-refractivity contribution in [2.45, 2.75) is 39.4 Å². The molecule has 0 saturated heterocycles. The summed E-state index contributed by atoms with van der Waals surface area (Å²) in [4.78, 5) is 24.6. The van der Waals surface area contributed by atoms with Gasteiger partial charge in [0.05, 0.1) is 11.0 Å². The van der Waals surface area contributed by atoms with Gasteiger partial charge >= 0.3 is 0 Å². The molecule has 0 aliphatic heterocycles. The van der Waals surface area contributed by atoms with Crippen LogP contribution in [0, 0.1) is 13.8 Å². The topological polar surface area (TPSA) is 58.2 Å². The van der Waals surface area contributed by atoms with Crippen molar-refractivity contribution in [2.24, 2.45) is 0 Å². The van der Waals surface area contributed by atoms with E-state index in [0.29, 0.717) is 0 Å². The first-order valence-corrected chi connectivity index (χ1v) is 9.83. The third-order valence-corrected chi connectivity index (χ3v) is 5.30. The lowest BCUT2D eigenvalue weighted by molar-refractivity contribution is -0.115. The van der Waals surface area contributed by atoms with Gasteiger partial charge in [-0.3, -0.25) is 9.59 Å². The van der Waals surface area contributed by atoms with Crippen LogP contribution in [0.25, 0.3) is 0 Å². The first kappa shape index (κ1) is 20.0. The number of hydrogen-bond acceptors (Lipinski definition) is 3. The molecule has 26 heavy (non-hydrogen) atoms. The molecule has 0 heterocycles. The zero-order valence-electron chi connectivity index (χ0n) is 15.8. The highest BCUT2D eigenvalue weighted by molar-refractivity contribution is 8.01. The van der Waals surface area contributed by atoms with Crippen molar-refractivity contribution in [3.05, 3.63) is 59.2 Å². The van der Waals surface area contributed by atoms with E-state index in [4.69, 9.17) is 0 Å². The first-order valence-electron chi connectivity index (χ1n) is 8.78. The summed E-state index contributed by atoms with van der Waals surface area (Å²) in [5.74, 6) is 0.0439. The lowest BCUT2D eigenvalue weighted by Crippen LogP contribution is -2.25. The van der Waals surface area contributed by atoms with Gasteiger partial charge in [0.25, 0.3) is 0 Å². The maximum Gasteiger partial charge on any atom is 0.237 e. The van der Waals surface area contributed by atoms with Crippen LogP contribution in [0.4, 0.5) is 11.4 Å². The van der Waals surface area contributed by atoms with Crippen molar-refractivity contribution in [3.63, 3.8) is 0 Å². The van der Waals surface area contributed by atoms with Crippen molar-refractivity contribution in [1.82, 2.24) is 0 Å². The van der Waals surface area contributed by atoms with E-state index in [2.05, 4.69) is 17.6 Å². The van der Waals surface area contributed by atoms with Crippen LogP contribution < -0.4 is 10.6 Å². The van der Waals surface area contributed by atoms with Gasteiger partial charge in [-0.05, 0) is 50.5 Å². The van der Waals surface area contributed by atoms with Gasteiger partial charge in [-0.25, -0.2) is 0 Å². The third-order valence-electron chi connectivity index (χ3n) is 4.16. The molecule has 0 aliphatic carbocycles. The molecule has 0 saturated carbocycles. The predicted molar refractivity (Wildman–Crippen MR) is 111 cm³/mol. The van der Waals surface area contributed by atoms with Crippen LogP contribution >= 0.6 is 11.8 Å². The Kier molecular flexibility index (Phi) is 7.27. The number of aryl methyl sites for hydroxylation is 3. The van der Waals surface area contributed by atoms with Crippen LogP contribution in [0.15, 0.2) is 42.5 Å². The monoisotopic (exact) mass is 370 g/mol. The third kappa shape index (κ3) is 5.63. The van der Waals surface area contributed by atoms with E-state index in [1.807, 2.05) is 63.2 Å². The SMILES string of the molecule is CCc1cccc(C)c1NC(=O)[C@@H](C)SCC(=O)Nc1ccc(C)cc1. The van der Waals surface area contributed by atoms with Gasteiger partial charge in [-0.15, -0.1) is 11.8 Å². The average Bonchev–Trinajstić information content (AvgIpc) is 2.63. The number of amides is 2. The largest absolute Gasteiger partial charge is 0.325 e. The number of para-hydroxylation sites is 1. The van der Waals surface area contributed by atoms with Crippen LogP contribution in [-0.4, -0.2) is 22.8 Å². The van der Waals surface area contributed by atoms with E-state index < -0.39 is 0 Å². The van der Waals surface area contributed by atoms with Crippen LogP contribution in [0.5, 0.6) is 0 Å². The molecule has 138 valence electrons. The Hall–Kier alpha value is -2.27. The van der Waals surface area contributed by atoms with Crippen molar-refractivity contribution >= 4 is 35.0 Å². The number of anilines is 2. The molecule has 2 aromatic rings. The Balaban J connectivity index is 1.87. The number of nitrogens with one attached hydrogen (secondary N) is 2. The Bertz CT molecular complexity index is 772. The Morgan fingerprint density at radius 2 is 1.73 bits per heavy atom. The quantitative estimate of drug-likeness (QED) is 0.751. The molecule has 0 unspecified atom stereocenters. The predicted octanol–water partition coefficient (Wildman–Crippen LogP) is 4.56. The maximum atomic E-state index is 12.5. The van der Waals surface area contributed by atoms with Crippen molar-refractivity contribution in [3.8, 4) is 0 Å². The first-order chi connectivity index (χ1) is 12.4. The van der Waals surface area contributed by atoms with Crippen molar-refractivity contribution < 1.29 is 9.59 Å². The van der Waals surface area contributed by atoms with E-state index in [0.717, 1.165) is 34.5 Å². The lowest BCUT2D eigenvalue weighted by Gasteiger charge is -2.16. The summed E-state index contributed by atoms with van der Waals surface area (Å²) < 4.78 is 0. The lowest BCUT2D eigenvalue weighted by atomic mass is 10.1. The van der Waals surface area contributed by atoms with E-state index in [9.17, 15) is 9.59 Å². The fraction of sp³-hybridized carbons (Fsp3) is 0.333. The Morgan fingerprint density at radius 3 is 2.38 bits per heavy atom. The van der Waals surface area contributed by atoms with Crippen LogP contribution in [0.1, 0.15) is 30.5 Å². The summed E-state index contributed by atoms with van der Waals surface area (Å²) in [7, 11) is 0. The average molecular weight is 371 g/mol. The fourth-order valence-corrected chi connectivity index (χ4v) is 3.22. The van der Waals surface area contributed by atoms with E-state index >= 15 is 0 Å². The van der Waals surface area contributed by atoms with E-state index in [-0.39, 0.29) is 22.8 Å². The van der Waals surface area contributed by atoms with Crippen molar-refractivity contribution in [1.29, 1.82) is 0 Å². The molecule has 5 heteroatoms. The normalized spacial score (nSPS) is 11.7. The maximum absolute atomic E-state index is 12.5. The Labute approximate surface area is 159 Å². The molecule has 2 rings (SSSR count). The second-order valence-electron chi connectivity index (χ2n) is 6.32. The molecular formula is C21H26N2O2S. The van der Waals surface area contributed by atoms with E-state index in [1.54, 1.807) is 0 Å². The summed E-state index contributed by atoms with van der Waals surface area (Å²) in [6, 6.07) is 13.7. The fourth-order valence-electron chi connectivity index (χ4n) is 2.54. The zero-order valence-corrected chi connectivity index (χ0v) is 16.6. The molecule has 4 nitrogen and oxygen atoms in total. The zero-order chi connectivity index (χ0) is 19.1. The second kappa shape index (κ2) is 9.43. The summed E-state index contributed by atoms with van der Waals surface area (Å²) in [5, 5.41) is 5.55. The highest BCUT2D eigenvalue weighted by atomic mass is 32.2. The summed E-state index contributed by atoms with van der Waals surface area (Å²) in [5.41, 5.74) is 4.97. The summed E-state index contributed by atoms with van der Waals surface area (Å²) >= 11 is 1.33. The van der Waals surface area contributed by atoms with Crippen LogP contribution in [-0.2, 0) is 16.0 Å². The molecule has 0 fully saturated rings. The van der Waals surface area contributed by atoms with E-state index in [1.165, 1.54) is 11.8 Å². The minimum Gasteiger partial charge on any atom is -0.325 e. The minimum absolute atomic E-state index is 0.0814. The van der Waals surface area contributed by atoms with Crippen LogP contribution in [0.3, 0.4) is 0 Å². The number of carbonyl (C=O) groups excluding carboxylic acids is 2. The molecule has 1 atom stereocenters. The molecular weight excluding hydrogens is 344 g/mol. The second-order valence-corrected chi connectivity index (χ2v) is 7.65. The molecule has 2 N–H and O–H groups in total. The Morgan fingerprint density at radius 1 is 1.04 bits per heavy atom. The molecule has 0 bridgehead atoms. The van der Waals surface area contributed by atoms with Gasteiger partial charge in [0.1, 0.15) is 0 Å². The molecule has 0 aliphatic rings.